The molecule has 0 unspecified atom stereocenters. The number of amides is 2. The van der Waals surface area contributed by atoms with E-state index < -0.39 is 6.04 Å². The Kier molecular flexibility index (Phi) is 9.08. The summed E-state index contributed by atoms with van der Waals surface area (Å²) in [4.78, 5) is 28.3. The quantitative estimate of drug-likeness (QED) is 0.476. The van der Waals surface area contributed by atoms with Crippen LogP contribution in [0.4, 0.5) is 0 Å². The highest BCUT2D eigenvalue weighted by atomic mass is 32.2. The average molecular weight is 399 g/mol. The van der Waals surface area contributed by atoms with Crippen molar-refractivity contribution in [1.29, 1.82) is 0 Å². The molecule has 4 nitrogen and oxygen atoms in total. The van der Waals surface area contributed by atoms with Gasteiger partial charge in [0, 0.05) is 18.0 Å². The molecule has 2 aromatic carbocycles. The maximum atomic E-state index is 13.0. The van der Waals surface area contributed by atoms with Crippen LogP contribution in [-0.4, -0.2) is 35.1 Å². The number of rotatable bonds is 10. The van der Waals surface area contributed by atoms with Crippen LogP contribution in [0.1, 0.15) is 37.8 Å². The van der Waals surface area contributed by atoms with E-state index >= 15 is 0 Å². The predicted octanol–water partition coefficient (Wildman–Crippen LogP) is 4.42. The van der Waals surface area contributed by atoms with E-state index in [0.29, 0.717) is 18.8 Å². The molecular weight excluding hydrogens is 368 g/mol. The zero-order valence-electron chi connectivity index (χ0n) is 17.0. The molecule has 0 aliphatic carbocycles. The molecule has 2 aromatic rings. The third kappa shape index (κ3) is 7.04. The van der Waals surface area contributed by atoms with E-state index in [1.54, 1.807) is 11.8 Å². The SMILES string of the molecule is CCCCNC(=O)[C@@H](C)N(Cc1ccc(C)cc1)C(=O)CSc1ccccc1. The van der Waals surface area contributed by atoms with Crippen LogP contribution in [0.2, 0.25) is 0 Å². The smallest absolute Gasteiger partial charge is 0.242 e. The molecule has 150 valence electrons. The van der Waals surface area contributed by atoms with Gasteiger partial charge in [0.25, 0.3) is 0 Å². The molecule has 1 atom stereocenters. The standard InChI is InChI=1S/C23H30N2O2S/c1-4-5-15-24-23(27)19(3)25(16-20-13-11-18(2)12-14-20)22(26)17-28-21-9-7-6-8-10-21/h6-14,19H,4-5,15-17H2,1-3H3,(H,24,27)/t19-/m1/s1. The number of carbonyl (C=O) groups excluding carboxylic acids is 2. The van der Waals surface area contributed by atoms with E-state index in [4.69, 9.17) is 0 Å². The number of nitrogens with zero attached hydrogens (tertiary/aromatic N) is 1. The Balaban J connectivity index is 2.08. The molecule has 0 radical (unpaired) electrons. The summed E-state index contributed by atoms with van der Waals surface area (Å²) in [5.74, 6) is 0.175. The van der Waals surface area contributed by atoms with Crippen LogP contribution in [0.15, 0.2) is 59.5 Å². The Hall–Kier alpha value is -2.27. The van der Waals surface area contributed by atoms with Crippen molar-refractivity contribution in [2.45, 2.75) is 51.1 Å². The van der Waals surface area contributed by atoms with Crippen molar-refractivity contribution in [3.05, 3.63) is 65.7 Å². The molecule has 0 saturated heterocycles. The summed E-state index contributed by atoms with van der Waals surface area (Å²) >= 11 is 1.50. The third-order valence-electron chi connectivity index (χ3n) is 4.58. The molecule has 0 bridgehead atoms. The first-order chi connectivity index (χ1) is 13.5. The lowest BCUT2D eigenvalue weighted by Gasteiger charge is -2.29. The van der Waals surface area contributed by atoms with Crippen molar-refractivity contribution in [2.75, 3.05) is 12.3 Å². The molecule has 2 rings (SSSR count). The summed E-state index contributed by atoms with van der Waals surface area (Å²) in [7, 11) is 0. The van der Waals surface area contributed by atoms with Gasteiger partial charge in [0.15, 0.2) is 0 Å². The normalized spacial score (nSPS) is 11.7. The van der Waals surface area contributed by atoms with Crippen LogP contribution in [-0.2, 0) is 16.1 Å². The fourth-order valence-corrected chi connectivity index (χ4v) is 3.56. The highest BCUT2D eigenvalue weighted by molar-refractivity contribution is 8.00. The van der Waals surface area contributed by atoms with Crippen LogP contribution in [0.3, 0.4) is 0 Å². The second-order valence-electron chi connectivity index (χ2n) is 6.93. The first-order valence-electron chi connectivity index (χ1n) is 9.81. The molecule has 0 aliphatic heterocycles. The van der Waals surface area contributed by atoms with Crippen molar-refractivity contribution < 1.29 is 9.59 Å². The minimum absolute atomic E-state index is 0.0347. The van der Waals surface area contributed by atoms with Crippen LogP contribution in [0.5, 0.6) is 0 Å². The summed E-state index contributed by atoms with van der Waals surface area (Å²) in [6, 6.07) is 17.4. The second kappa shape index (κ2) is 11.5. The monoisotopic (exact) mass is 398 g/mol. The van der Waals surface area contributed by atoms with Gasteiger partial charge in [-0.25, -0.2) is 0 Å². The first kappa shape index (κ1) is 22.0. The minimum atomic E-state index is -0.512. The van der Waals surface area contributed by atoms with E-state index in [1.165, 1.54) is 17.3 Å². The Bertz CT molecular complexity index is 747. The zero-order chi connectivity index (χ0) is 20.4. The number of hydrogen-bond donors (Lipinski definition) is 1. The van der Waals surface area contributed by atoms with E-state index in [9.17, 15) is 9.59 Å². The maximum absolute atomic E-state index is 13.0. The number of aryl methyl sites for hydroxylation is 1. The fraction of sp³-hybridized carbons (Fsp3) is 0.391. The molecule has 1 N–H and O–H groups in total. The lowest BCUT2D eigenvalue weighted by atomic mass is 10.1. The van der Waals surface area contributed by atoms with Crippen LogP contribution >= 0.6 is 11.8 Å². The highest BCUT2D eigenvalue weighted by Gasteiger charge is 2.25. The summed E-state index contributed by atoms with van der Waals surface area (Å²) < 4.78 is 0. The van der Waals surface area contributed by atoms with Gasteiger partial charge in [-0.15, -0.1) is 11.8 Å². The molecule has 0 spiro atoms. The molecule has 2 amide bonds. The lowest BCUT2D eigenvalue weighted by molar-refractivity contribution is -0.138. The number of unbranched alkanes of at least 4 members (excludes halogenated alkanes) is 1. The van der Waals surface area contributed by atoms with Crippen molar-refractivity contribution in [1.82, 2.24) is 10.2 Å². The van der Waals surface area contributed by atoms with Gasteiger partial charge in [-0.05, 0) is 38.0 Å². The average Bonchev–Trinajstić information content (AvgIpc) is 2.72. The topological polar surface area (TPSA) is 49.4 Å². The molecule has 0 saturated carbocycles. The summed E-state index contributed by atoms with van der Waals surface area (Å²) in [6.07, 6.45) is 1.96. The molecule has 0 aliphatic rings. The van der Waals surface area contributed by atoms with Crippen LogP contribution < -0.4 is 5.32 Å². The van der Waals surface area contributed by atoms with Gasteiger partial charge in [-0.1, -0.05) is 61.4 Å². The van der Waals surface area contributed by atoms with E-state index in [2.05, 4.69) is 12.2 Å². The predicted molar refractivity (Wildman–Crippen MR) is 116 cm³/mol. The Morgan fingerprint density at radius 3 is 2.39 bits per heavy atom. The molecule has 28 heavy (non-hydrogen) atoms. The van der Waals surface area contributed by atoms with Gasteiger partial charge in [0.1, 0.15) is 6.04 Å². The van der Waals surface area contributed by atoms with Gasteiger partial charge in [0.05, 0.1) is 5.75 Å². The number of benzene rings is 2. The molecule has 0 aromatic heterocycles. The van der Waals surface area contributed by atoms with Gasteiger partial charge in [-0.2, -0.15) is 0 Å². The third-order valence-corrected chi connectivity index (χ3v) is 5.57. The van der Waals surface area contributed by atoms with Crippen molar-refractivity contribution in [3.8, 4) is 0 Å². The highest BCUT2D eigenvalue weighted by Crippen LogP contribution is 2.19. The summed E-state index contributed by atoms with van der Waals surface area (Å²) in [5.41, 5.74) is 2.20. The fourth-order valence-electron chi connectivity index (χ4n) is 2.75. The molecule has 0 fully saturated rings. The Morgan fingerprint density at radius 1 is 1.07 bits per heavy atom. The largest absolute Gasteiger partial charge is 0.354 e. The van der Waals surface area contributed by atoms with Crippen molar-refractivity contribution >= 4 is 23.6 Å². The van der Waals surface area contributed by atoms with E-state index in [1.807, 2.05) is 61.5 Å². The van der Waals surface area contributed by atoms with Gasteiger partial charge in [0.2, 0.25) is 11.8 Å². The van der Waals surface area contributed by atoms with Crippen LogP contribution in [0.25, 0.3) is 0 Å². The Morgan fingerprint density at radius 2 is 1.75 bits per heavy atom. The number of carbonyl (C=O) groups is 2. The van der Waals surface area contributed by atoms with E-state index in [0.717, 1.165) is 23.3 Å². The number of hydrogen-bond acceptors (Lipinski definition) is 3. The Labute approximate surface area is 172 Å². The maximum Gasteiger partial charge on any atom is 0.242 e. The van der Waals surface area contributed by atoms with Gasteiger partial charge in [-0.3, -0.25) is 9.59 Å². The second-order valence-corrected chi connectivity index (χ2v) is 7.98. The van der Waals surface area contributed by atoms with Crippen LogP contribution in [0, 0.1) is 6.92 Å². The van der Waals surface area contributed by atoms with E-state index in [-0.39, 0.29) is 11.8 Å². The minimum Gasteiger partial charge on any atom is -0.354 e. The lowest BCUT2D eigenvalue weighted by Crippen LogP contribution is -2.48. The summed E-state index contributed by atoms with van der Waals surface area (Å²) in [5, 5.41) is 2.95. The van der Waals surface area contributed by atoms with Gasteiger partial charge >= 0.3 is 0 Å². The summed E-state index contributed by atoms with van der Waals surface area (Å²) in [6.45, 7) is 7.00. The number of thioether (sulfide) groups is 1. The van der Waals surface area contributed by atoms with Gasteiger partial charge < -0.3 is 10.2 Å². The molecular formula is C23H30N2O2S. The number of nitrogens with one attached hydrogen (secondary N) is 1. The zero-order valence-corrected chi connectivity index (χ0v) is 17.8. The molecule has 0 heterocycles. The van der Waals surface area contributed by atoms with Crippen molar-refractivity contribution in [2.24, 2.45) is 0 Å². The first-order valence-corrected chi connectivity index (χ1v) is 10.8. The molecule has 5 heteroatoms. The van der Waals surface area contributed by atoms with Crippen molar-refractivity contribution in [3.63, 3.8) is 0 Å².